The maximum Gasteiger partial charge on any atom is 0.324 e. The fraction of sp³-hybridized carbons (Fsp3) is 0.174. The van der Waals surface area contributed by atoms with Gasteiger partial charge >= 0.3 is 5.97 Å². The molecule has 1 aromatic heterocycles. The number of ether oxygens (including phenoxy) is 1. The van der Waals surface area contributed by atoms with E-state index < -0.39 is 22.5 Å². The highest BCUT2D eigenvalue weighted by atomic mass is 35.5. The SMILES string of the molecule is CCn1c2ccccc2c2cc(N(CC(=O)O)S(=O)(=O)c3cc(Cl)cc(OC)c3)ccc21. The fourth-order valence-corrected chi connectivity index (χ4v) is 5.66. The Morgan fingerprint density at radius 1 is 1.06 bits per heavy atom. The van der Waals surface area contributed by atoms with E-state index in [2.05, 4.69) is 4.57 Å². The number of carboxylic acid groups (broad SMARTS) is 1. The van der Waals surface area contributed by atoms with Gasteiger partial charge < -0.3 is 14.4 Å². The minimum absolute atomic E-state index is 0.154. The van der Waals surface area contributed by atoms with Gasteiger partial charge in [-0.05, 0) is 43.3 Å². The lowest BCUT2D eigenvalue weighted by Crippen LogP contribution is -2.35. The lowest BCUT2D eigenvalue weighted by molar-refractivity contribution is -0.135. The smallest absolute Gasteiger partial charge is 0.324 e. The van der Waals surface area contributed by atoms with Crippen LogP contribution in [-0.4, -0.2) is 37.7 Å². The van der Waals surface area contributed by atoms with Crippen molar-refractivity contribution in [2.75, 3.05) is 18.0 Å². The van der Waals surface area contributed by atoms with Gasteiger partial charge in [0.15, 0.2) is 0 Å². The standard InChI is InChI=1S/C23H21ClN2O5S/c1-3-25-21-7-5-4-6-19(21)20-12-16(8-9-22(20)25)26(14-23(27)28)32(29,30)18-11-15(24)10-17(13-18)31-2/h4-13H,3,14H2,1-2H3,(H,27,28). The largest absolute Gasteiger partial charge is 0.497 e. The second kappa shape index (κ2) is 8.37. The fourth-order valence-electron chi connectivity index (χ4n) is 3.91. The highest BCUT2D eigenvalue weighted by molar-refractivity contribution is 7.92. The van der Waals surface area contributed by atoms with Crippen LogP contribution in [0.5, 0.6) is 5.75 Å². The molecule has 4 aromatic rings. The van der Waals surface area contributed by atoms with E-state index in [-0.39, 0.29) is 21.4 Å². The molecule has 7 nitrogen and oxygen atoms in total. The average Bonchev–Trinajstić information content (AvgIpc) is 3.09. The first-order valence-corrected chi connectivity index (χ1v) is 11.7. The van der Waals surface area contributed by atoms with Crippen molar-refractivity contribution < 1.29 is 23.1 Å². The summed E-state index contributed by atoms with van der Waals surface area (Å²) >= 11 is 6.07. The van der Waals surface area contributed by atoms with Gasteiger partial charge in [-0.1, -0.05) is 29.8 Å². The molecule has 1 heterocycles. The first-order chi connectivity index (χ1) is 15.3. The van der Waals surface area contributed by atoms with E-state index in [1.54, 1.807) is 12.1 Å². The zero-order chi connectivity index (χ0) is 23.0. The Morgan fingerprint density at radius 2 is 1.78 bits per heavy atom. The summed E-state index contributed by atoms with van der Waals surface area (Å²) in [6.07, 6.45) is 0. The number of methoxy groups -OCH3 is 1. The van der Waals surface area contributed by atoms with Crippen molar-refractivity contribution in [2.45, 2.75) is 18.4 Å². The number of aryl methyl sites for hydroxylation is 1. The number of aromatic nitrogens is 1. The van der Waals surface area contributed by atoms with Gasteiger partial charge in [0.25, 0.3) is 10.0 Å². The van der Waals surface area contributed by atoms with Gasteiger partial charge in [-0.2, -0.15) is 0 Å². The number of aliphatic carboxylic acids is 1. The zero-order valence-electron chi connectivity index (χ0n) is 17.4. The molecule has 0 bridgehead atoms. The molecule has 4 rings (SSSR count). The van der Waals surface area contributed by atoms with Crippen LogP contribution in [0.2, 0.25) is 5.02 Å². The van der Waals surface area contributed by atoms with Gasteiger partial charge in [0.1, 0.15) is 12.3 Å². The number of halogens is 1. The van der Waals surface area contributed by atoms with Crippen LogP contribution in [0.1, 0.15) is 6.92 Å². The van der Waals surface area contributed by atoms with Crippen LogP contribution in [0.25, 0.3) is 21.8 Å². The summed E-state index contributed by atoms with van der Waals surface area (Å²) in [7, 11) is -2.85. The Hall–Kier alpha value is -3.23. The molecule has 0 fully saturated rings. The van der Waals surface area contributed by atoms with Crippen molar-refractivity contribution >= 4 is 55.1 Å². The number of anilines is 1. The predicted molar refractivity (Wildman–Crippen MR) is 125 cm³/mol. The Balaban J connectivity index is 1.93. The van der Waals surface area contributed by atoms with Gasteiger partial charge in [-0.3, -0.25) is 9.10 Å². The molecule has 9 heteroatoms. The zero-order valence-corrected chi connectivity index (χ0v) is 19.0. The van der Waals surface area contributed by atoms with E-state index in [4.69, 9.17) is 16.3 Å². The third-order valence-corrected chi connectivity index (χ3v) is 7.28. The van der Waals surface area contributed by atoms with E-state index >= 15 is 0 Å². The summed E-state index contributed by atoms with van der Waals surface area (Å²) in [5.74, 6) is -1.02. The number of carbonyl (C=O) groups is 1. The summed E-state index contributed by atoms with van der Waals surface area (Å²) in [5, 5.41) is 11.4. The molecule has 0 saturated carbocycles. The molecular weight excluding hydrogens is 452 g/mol. The summed E-state index contributed by atoms with van der Waals surface area (Å²) < 4.78 is 35.1. The second-order valence-electron chi connectivity index (χ2n) is 7.20. The molecule has 0 saturated heterocycles. The number of hydrogen-bond acceptors (Lipinski definition) is 4. The van der Waals surface area contributed by atoms with Crippen LogP contribution < -0.4 is 9.04 Å². The van der Waals surface area contributed by atoms with Crippen molar-refractivity contribution in [3.63, 3.8) is 0 Å². The summed E-state index contributed by atoms with van der Waals surface area (Å²) in [5.41, 5.74) is 2.21. The van der Waals surface area contributed by atoms with E-state index in [9.17, 15) is 18.3 Å². The molecular formula is C23H21ClN2O5S. The molecule has 0 radical (unpaired) electrons. The highest BCUT2D eigenvalue weighted by Gasteiger charge is 2.28. The van der Waals surface area contributed by atoms with Crippen LogP contribution in [0.15, 0.2) is 65.6 Å². The third kappa shape index (κ3) is 3.76. The van der Waals surface area contributed by atoms with Crippen LogP contribution in [0.4, 0.5) is 5.69 Å². The van der Waals surface area contributed by atoms with Gasteiger partial charge in [0.05, 0.1) is 17.7 Å². The molecule has 166 valence electrons. The number of rotatable bonds is 7. The molecule has 32 heavy (non-hydrogen) atoms. The number of benzene rings is 3. The minimum Gasteiger partial charge on any atom is -0.497 e. The number of para-hydroxylation sites is 1. The Labute approximate surface area is 190 Å². The molecule has 0 amide bonds. The lowest BCUT2D eigenvalue weighted by atomic mass is 10.1. The normalized spacial score (nSPS) is 11.7. The van der Waals surface area contributed by atoms with Gasteiger partial charge in [0.2, 0.25) is 0 Å². The summed E-state index contributed by atoms with van der Waals surface area (Å²) in [4.78, 5) is 11.5. The van der Waals surface area contributed by atoms with Crippen LogP contribution in [-0.2, 0) is 21.4 Å². The molecule has 0 unspecified atom stereocenters. The topological polar surface area (TPSA) is 88.8 Å². The van der Waals surface area contributed by atoms with E-state index in [0.29, 0.717) is 0 Å². The Bertz CT molecular complexity index is 1450. The lowest BCUT2D eigenvalue weighted by Gasteiger charge is -2.23. The van der Waals surface area contributed by atoms with Gasteiger partial charge in [-0.25, -0.2) is 8.42 Å². The number of sulfonamides is 1. The van der Waals surface area contributed by atoms with Crippen molar-refractivity contribution in [3.05, 3.63) is 65.7 Å². The highest BCUT2D eigenvalue weighted by Crippen LogP contribution is 2.34. The second-order valence-corrected chi connectivity index (χ2v) is 9.49. The quantitative estimate of drug-likeness (QED) is 0.419. The van der Waals surface area contributed by atoms with E-state index in [1.807, 2.05) is 37.3 Å². The molecule has 0 aliphatic carbocycles. The Kier molecular flexibility index (Phi) is 5.75. The first-order valence-electron chi connectivity index (χ1n) is 9.86. The number of carboxylic acids is 1. The van der Waals surface area contributed by atoms with Gasteiger partial charge in [-0.15, -0.1) is 0 Å². The molecule has 0 aliphatic rings. The monoisotopic (exact) mass is 472 g/mol. The number of fused-ring (bicyclic) bond motifs is 3. The predicted octanol–water partition coefficient (Wildman–Crippen LogP) is 4.76. The van der Waals surface area contributed by atoms with Crippen molar-refractivity contribution in [1.82, 2.24) is 4.57 Å². The summed E-state index contributed by atoms with van der Waals surface area (Å²) in [6, 6.07) is 17.0. The molecule has 0 spiro atoms. The maximum atomic E-state index is 13.5. The van der Waals surface area contributed by atoms with Crippen molar-refractivity contribution in [1.29, 1.82) is 0 Å². The maximum absolute atomic E-state index is 13.5. The average molecular weight is 473 g/mol. The van der Waals surface area contributed by atoms with Crippen molar-refractivity contribution in [2.24, 2.45) is 0 Å². The Morgan fingerprint density at radius 3 is 2.47 bits per heavy atom. The van der Waals surface area contributed by atoms with Crippen LogP contribution in [0.3, 0.4) is 0 Å². The molecule has 1 N–H and O–H groups in total. The molecule has 0 atom stereocenters. The number of nitrogens with zero attached hydrogens (tertiary/aromatic N) is 2. The number of hydrogen-bond donors (Lipinski definition) is 1. The van der Waals surface area contributed by atoms with E-state index in [1.165, 1.54) is 25.3 Å². The first kappa shape index (κ1) is 22.0. The van der Waals surface area contributed by atoms with Crippen LogP contribution in [0, 0.1) is 0 Å². The van der Waals surface area contributed by atoms with E-state index in [0.717, 1.165) is 32.7 Å². The third-order valence-electron chi connectivity index (χ3n) is 5.31. The molecule has 3 aromatic carbocycles. The van der Waals surface area contributed by atoms with Gasteiger partial charge in [0, 0.05) is 39.4 Å². The molecule has 0 aliphatic heterocycles. The minimum atomic E-state index is -4.24. The van der Waals surface area contributed by atoms with Crippen LogP contribution >= 0.6 is 11.6 Å². The van der Waals surface area contributed by atoms with Crippen molar-refractivity contribution in [3.8, 4) is 5.75 Å². The summed E-state index contributed by atoms with van der Waals surface area (Å²) in [6.45, 7) is 2.03.